The highest BCUT2D eigenvalue weighted by Crippen LogP contribution is 2.34. The van der Waals surface area contributed by atoms with E-state index in [0.29, 0.717) is 5.41 Å². The van der Waals surface area contributed by atoms with Crippen molar-refractivity contribution in [1.29, 1.82) is 0 Å². The molecule has 0 aromatic heterocycles. The van der Waals surface area contributed by atoms with Crippen LogP contribution in [0.5, 0.6) is 0 Å². The Morgan fingerprint density at radius 3 is 2.31 bits per heavy atom. The molecule has 2 saturated heterocycles. The number of rotatable bonds is 2. The van der Waals surface area contributed by atoms with Gasteiger partial charge in [0.05, 0.1) is 0 Å². The summed E-state index contributed by atoms with van der Waals surface area (Å²) in [5.74, 6) is 0. The van der Waals surface area contributed by atoms with Crippen LogP contribution in [0.15, 0.2) is 0 Å². The van der Waals surface area contributed by atoms with Crippen molar-refractivity contribution >= 4 is 0 Å². The second kappa shape index (κ2) is 3.58. The number of piperidine rings is 1. The number of nitrogens with one attached hydrogen (secondary N) is 1. The van der Waals surface area contributed by atoms with Gasteiger partial charge in [-0.25, -0.2) is 0 Å². The lowest BCUT2D eigenvalue weighted by Crippen LogP contribution is -2.59. The molecule has 0 radical (unpaired) electrons. The fourth-order valence-electron chi connectivity index (χ4n) is 2.31. The molecule has 2 nitrogen and oxygen atoms in total. The molecular formula is C11H22N2. The first kappa shape index (κ1) is 9.47. The summed E-state index contributed by atoms with van der Waals surface area (Å²) in [6.07, 6.45) is 4.16. The number of likely N-dealkylation sites (tertiary alicyclic amines) is 1. The third kappa shape index (κ3) is 1.89. The van der Waals surface area contributed by atoms with E-state index in [4.69, 9.17) is 0 Å². The third-order valence-corrected chi connectivity index (χ3v) is 4.14. The van der Waals surface area contributed by atoms with E-state index in [1.54, 1.807) is 0 Å². The topological polar surface area (TPSA) is 15.3 Å². The van der Waals surface area contributed by atoms with Gasteiger partial charge in [-0.05, 0) is 31.3 Å². The molecule has 2 aliphatic heterocycles. The standard InChI is InChI=1S/C11H22N2/c1-3-11(2)4-6-13(7-5-11)10-8-12-9-10/h10,12H,3-9H2,1-2H3. The third-order valence-electron chi connectivity index (χ3n) is 4.14. The Balaban J connectivity index is 1.81. The zero-order valence-corrected chi connectivity index (χ0v) is 8.97. The van der Waals surface area contributed by atoms with Gasteiger partial charge in [0.2, 0.25) is 0 Å². The zero-order chi connectivity index (χ0) is 9.31. The fraction of sp³-hybridized carbons (Fsp3) is 1.00. The molecule has 2 heterocycles. The molecule has 0 bridgehead atoms. The molecule has 76 valence electrons. The molecule has 1 N–H and O–H groups in total. The Labute approximate surface area is 81.7 Å². The van der Waals surface area contributed by atoms with Gasteiger partial charge in [-0.2, -0.15) is 0 Å². The SMILES string of the molecule is CCC1(C)CCN(C2CNC2)CC1. The lowest BCUT2D eigenvalue weighted by Gasteiger charge is -2.45. The average Bonchev–Trinajstić information content (AvgIpc) is 2.06. The summed E-state index contributed by atoms with van der Waals surface area (Å²) in [5.41, 5.74) is 0.647. The van der Waals surface area contributed by atoms with Gasteiger partial charge in [0.25, 0.3) is 0 Å². The molecule has 2 aliphatic rings. The molecule has 0 amide bonds. The van der Waals surface area contributed by atoms with E-state index in [0.717, 1.165) is 6.04 Å². The average molecular weight is 182 g/mol. The van der Waals surface area contributed by atoms with Crippen molar-refractivity contribution in [2.24, 2.45) is 5.41 Å². The molecule has 2 heteroatoms. The monoisotopic (exact) mass is 182 g/mol. The lowest BCUT2D eigenvalue weighted by molar-refractivity contribution is 0.0598. The minimum atomic E-state index is 0.647. The fourth-order valence-corrected chi connectivity index (χ4v) is 2.31. The van der Waals surface area contributed by atoms with Gasteiger partial charge in [0.15, 0.2) is 0 Å². The summed E-state index contributed by atoms with van der Waals surface area (Å²) in [4.78, 5) is 2.67. The minimum Gasteiger partial charge on any atom is -0.314 e. The molecule has 0 aliphatic carbocycles. The van der Waals surface area contributed by atoms with Crippen molar-refractivity contribution in [3.05, 3.63) is 0 Å². The first-order chi connectivity index (χ1) is 6.23. The molecule has 0 saturated carbocycles. The van der Waals surface area contributed by atoms with Crippen molar-refractivity contribution in [3.63, 3.8) is 0 Å². The Kier molecular flexibility index (Phi) is 2.61. The molecule has 0 aromatic carbocycles. The largest absolute Gasteiger partial charge is 0.314 e. The van der Waals surface area contributed by atoms with E-state index in [-0.39, 0.29) is 0 Å². The summed E-state index contributed by atoms with van der Waals surface area (Å²) in [6, 6.07) is 0.862. The van der Waals surface area contributed by atoms with Crippen molar-refractivity contribution in [3.8, 4) is 0 Å². The molecule has 0 unspecified atom stereocenters. The van der Waals surface area contributed by atoms with Crippen molar-refractivity contribution in [2.75, 3.05) is 26.2 Å². The van der Waals surface area contributed by atoms with Crippen LogP contribution in [0.2, 0.25) is 0 Å². The van der Waals surface area contributed by atoms with Crippen LogP contribution in [-0.4, -0.2) is 37.1 Å². The van der Waals surface area contributed by atoms with Gasteiger partial charge >= 0.3 is 0 Å². The number of hydrogen-bond acceptors (Lipinski definition) is 2. The highest BCUT2D eigenvalue weighted by atomic mass is 15.2. The van der Waals surface area contributed by atoms with Gasteiger partial charge in [-0.15, -0.1) is 0 Å². The van der Waals surface area contributed by atoms with E-state index < -0.39 is 0 Å². The highest BCUT2D eigenvalue weighted by molar-refractivity contribution is 4.89. The van der Waals surface area contributed by atoms with Crippen LogP contribution in [0.4, 0.5) is 0 Å². The summed E-state index contributed by atoms with van der Waals surface area (Å²) in [5, 5.41) is 3.35. The summed E-state index contributed by atoms with van der Waals surface area (Å²) >= 11 is 0. The summed E-state index contributed by atoms with van der Waals surface area (Å²) < 4.78 is 0. The number of hydrogen-bond donors (Lipinski definition) is 1. The second-order valence-electron chi connectivity index (χ2n) is 5.01. The Morgan fingerprint density at radius 1 is 1.31 bits per heavy atom. The van der Waals surface area contributed by atoms with Crippen molar-refractivity contribution in [2.45, 2.75) is 39.2 Å². The molecule has 13 heavy (non-hydrogen) atoms. The van der Waals surface area contributed by atoms with E-state index >= 15 is 0 Å². The summed E-state index contributed by atoms with van der Waals surface area (Å²) in [7, 11) is 0. The Hall–Kier alpha value is -0.0800. The van der Waals surface area contributed by atoms with E-state index in [1.807, 2.05) is 0 Å². The maximum absolute atomic E-state index is 3.35. The maximum Gasteiger partial charge on any atom is 0.0345 e. The lowest BCUT2D eigenvalue weighted by atomic mass is 9.78. The van der Waals surface area contributed by atoms with Gasteiger partial charge < -0.3 is 5.32 Å². The Bertz CT molecular complexity index is 167. The van der Waals surface area contributed by atoms with E-state index in [1.165, 1.54) is 45.4 Å². The van der Waals surface area contributed by atoms with Crippen molar-refractivity contribution in [1.82, 2.24) is 10.2 Å². The van der Waals surface area contributed by atoms with Crippen LogP contribution in [-0.2, 0) is 0 Å². The van der Waals surface area contributed by atoms with Crippen LogP contribution in [0.1, 0.15) is 33.1 Å². The first-order valence-electron chi connectivity index (χ1n) is 5.68. The van der Waals surface area contributed by atoms with Gasteiger partial charge in [-0.3, -0.25) is 4.90 Å². The highest BCUT2D eigenvalue weighted by Gasteiger charge is 2.33. The van der Waals surface area contributed by atoms with Crippen molar-refractivity contribution < 1.29 is 0 Å². The molecule has 2 fully saturated rings. The van der Waals surface area contributed by atoms with Crippen LogP contribution >= 0.6 is 0 Å². The van der Waals surface area contributed by atoms with E-state index in [2.05, 4.69) is 24.1 Å². The smallest absolute Gasteiger partial charge is 0.0345 e. The van der Waals surface area contributed by atoms with Crippen LogP contribution < -0.4 is 5.32 Å². The van der Waals surface area contributed by atoms with E-state index in [9.17, 15) is 0 Å². The predicted molar refractivity (Wildman–Crippen MR) is 55.9 cm³/mol. The summed E-state index contributed by atoms with van der Waals surface area (Å²) in [6.45, 7) is 9.89. The van der Waals surface area contributed by atoms with Gasteiger partial charge in [-0.1, -0.05) is 20.3 Å². The zero-order valence-electron chi connectivity index (χ0n) is 8.97. The molecule has 0 aromatic rings. The maximum atomic E-state index is 3.35. The van der Waals surface area contributed by atoms with Crippen LogP contribution in [0.25, 0.3) is 0 Å². The normalized spacial score (nSPS) is 30.0. The first-order valence-corrected chi connectivity index (χ1v) is 5.68. The number of nitrogens with zero attached hydrogens (tertiary/aromatic N) is 1. The molecule has 2 rings (SSSR count). The molecule has 0 atom stereocenters. The second-order valence-corrected chi connectivity index (χ2v) is 5.01. The predicted octanol–water partition coefficient (Wildman–Crippen LogP) is 1.47. The molecular weight excluding hydrogens is 160 g/mol. The molecule has 0 spiro atoms. The Morgan fingerprint density at radius 2 is 1.92 bits per heavy atom. The van der Waals surface area contributed by atoms with Gasteiger partial charge in [0, 0.05) is 19.1 Å². The van der Waals surface area contributed by atoms with Gasteiger partial charge in [0.1, 0.15) is 0 Å². The minimum absolute atomic E-state index is 0.647. The van der Waals surface area contributed by atoms with Crippen LogP contribution in [0, 0.1) is 5.41 Å². The van der Waals surface area contributed by atoms with Crippen LogP contribution in [0.3, 0.4) is 0 Å². The quantitative estimate of drug-likeness (QED) is 0.695.